The van der Waals surface area contributed by atoms with Crippen molar-refractivity contribution in [2.24, 2.45) is 0 Å². The van der Waals surface area contributed by atoms with Crippen LogP contribution in [0.2, 0.25) is 0 Å². The smallest absolute Gasteiger partial charge is 0.0692 e. The summed E-state index contributed by atoms with van der Waals surface area (Å²) in [5.74, 6) is 5.66. The second-order valence-electron chi connectivity index (χ2n) is 2.73. The van der Waals surface area contributed by atoms with E-state index in [-0.39, 0.29) is 0 Å². The summed E-state index contributed by atoms with van der Waals surface area (Å²) >= 11 is 0. The number of aromatic nitrogens is 1. The molecular formula is C9H10N2. The number of benzene rings is 1. The Morgan fingerprint density at radius 2 is 2.09 bits per heavy atom. The average molecular weight is 146 g/mol. The Labute approximate surface area is 65.2 Å². The van der Waals surface area contributed by atoms with E-state index in [0.717, 1.165) is 5.52 Å². The van der Waals surface area contributed by atoms with E-state index < -0.39 is 0 Å². The Morgan fingerprint density at radius 3 is 2.82 bits per heavy atom. The molecule has 0 saturated heterocycles. The minimum Gasteiger partial charge on any atom is -0.339 e. The predicted molar refractivity (Wildman–Crippen MR) is 46.8 cm³/mol. The molecule has 56 valence electrons. The van der Waals surface area contributed by atoms with E-state index in [0.29, 0.717) is 0 Å². The predicted octanol–water partition coefficient (Wildman–Crippen LogP) is 1.66. The Kier molecular flexibility index (Phi) is 1.15. The largest absolute Gasteiger partial charge is 0.339 e. The van der Waals surface area contributed by atoms with Crippen LogP contribution in [0.3, 0.4) is 0 Å². The van der Waals surface area contributed by atoms with Gasteiger partial charge in [0.1, 0.15) is 0 Å². The van der Waals surface area contributed by atoms with Crippen LogP contribution in [0.25, 0.3) is 10.9 Å². The van der Waals surface area contributed by atoms with Crippen LogP contribution in [-0.4, -0.2) is 4.68 Å². The van der Waals surface area contributed by atoms with Crippen molar-refractivity contribution < 1.29 is 0 Å². The third kappa shape index (κ3) is 0.792. The van der Waals surface area contributed by atoms with Crippen molar-refractivity contribution in [3.8, 4) is 0 Å². The van der Waals surface area contributed by atoms with Crippen molar-refractivity contribution in [3.63, 3.8) is 0 Å². The molecule has 0 spiro atoms. The monoisotopic (exact) mass is 146 g/mol. The van der Waals surface area contributed by atoms with Gasteiger partial charge in [0, 0.05) is 11.6 Å². The molecule has 1 heterocycles. The number of nitrogen functional groups attached to an aromatic ring is 1. The van der Waals surface area contributed by atoms with Gasteiger partial charge in [0.25, 0.3) is 0 Å². The maximum Gasteiger partial charge on any atom is 0.0692 e. The third-order valence-electron chi connectivity index (χ3n) is 1.98. The Hall–Kier alpha value is -1.44. The topological polar surface area (TPSA) is 30.9 Å². The summed E-state index contributed by atoms with van der Waals surface area (Å²) in [5, 5.41) is 1.23. The fraction of sp³-hybridized carbons (Fsp3) is 0.111. The molecule has 1 aromatic carbocycles. The van der Waals surface area contributed by atoms with Gasteiger partial charge in [-0.15, -0.1) is 0 Å². The highest BCUT2D eigenvalue weighted by atomic mass is 15.3. The fourth-order valence-corrected chi connectivity index (χ4v) is 1.34. The second-order valence-corrected chi connectivity index (χ2v) is 2.73. The van der Waals surface area contributed by atoms with Crippen molar-refractivity contribution in [1.82, 2.24) is 4.68 Å². The number of aryl methyl sites for hydroxylation is 1. The van der Waals surface area contributed by atoms with Crippen molar-refractivity contribution in [2.45, 2.75) is 6.92 Å². The van der Waals surface area contributed by atoms with Gasteiger partial charge in [0.2, 0.25) is 0 Å². The van der Waals surface area contributed by atoms with E-state index in [1.165, 1.54) is 10.9 Å². The normalized spacial score (nSPS) is 10.6. The van der Waals surface area contributed by atoms with Gasteiger partial charge in [-0.2, -0.15) is 0 Å². The van der Waals surface area contributed by atoms with Crippen LogP contribution >= 0.6 is 0 Å². The van der Waals surface area contributed by atoms with E-state index in [1.807, 2.05) is 24.4 Å². The quantitative estimate of drug-likeness (QED) is 0.563. The van der Waals surface area contributed by atoms with Gasteiger partial charge in [-0.25, -0.2) is 0 Å². The molecular weight excluding hydrogens is 136 g/mol. The first-order valence-electron chi connectivity index (χ1n) is 3.61. The van der Waals surface area contributed by atoms with Crippen LogP contribution in [0, 0.1) is 6.92 Å². The summed E-state index contributed by atoms with van der Waals surface area (Å²) < 4.78 is 1.64. The number of fused-ring (bicyclic) bond motifs is 1. The number of nitrogens with two attached hydrogens (primary N) is 1. The van der Waals surface area contributed by atoms with Crippen molar-refractivity contribution in [1.29, 1.82) is 0 Å². The second kappa shape index (κ2) is 2.02. The molecule has 0 aliphatic rings. The van der Waals surface area contributed by atoms with Gasteiger partial charge in [0.05, 0.1) is 5.52 Å². The lowest BCUT2D eigenvalue weighted by Gasteiger charge is -1.96. The van der Waals surface area contributed by atoms with Gasteiger partial charge in [-0.1, -0.05) is 12.1 Å². The fourth-order valence-electron chi connectivity index (χ4n) is 1.34. The lowest BCUT2D eigenvalue weighted by atomic mass is 10.1. The molecule has 0 saturated carbocycles. The van der Waals surface area contributed by atoms with Crippen molar-refractivity contribution in [3.05, 3.63) is 36.0 Å². The van der Waals surface area contributed by atoms with Gasteiger partial charge in [0.15, 0.2) is 0 Å². The van der Waals surface area contributed by atoms with Crippen LogP contribution in [0.4, 0.5) is 0 Å². The first-order valence-corrected chi connectivity index (χ1v) is 3.61. The van der Waals surface area contributed by atoms with E-state index in [9.17, 15) is 0 Å². The first-order chi connectivity index (χ1) is 5.29. The van der Waals surface area contributed by atoms with Crippen LogP contribution < -0.4 is 5.84 Å². The number of rotatable bonds is 0. The molecule has 0 radical (unpaired) electrons. The van der Waals surface area contributed by atoms with Gasteiger partial charge < -0.3 is 5.84 Å². The lowest BCUT2D eigenvalue weighted by molar-refractivity contribution is 1.07. The Morgan fingerprint density at radius 1 is 1.27 bits per heavy atom. The van der Waals surface area contributed by atoms with Crippen LogP contribution in [0.1, 0.15) is 5.56 Å². The number of nitrogens with zero attached hydrogens (tertiary/aromatic N) is 1. The number of hydrogen-bond donors (Lipinski definition) is 1. The van der Waals surface area contributed by atoms with E-state index in [4.69, 9.17) is 5.84 Å². The van der Waals surface area contributed by atoms with Gasteiger partial charge >= 0.3 is 0 Å². The third-order valence-corrected chi connectivity index (χ3v) is 1.98. The van der Waals surface area contributed by atoms with Crippen LogP contribution in [-0.2, 0) is 0 Å². The summed E-state index contributed by atoms with van der Waals surface area (Å²) in [6.07, 6.45) is 1.87. The summed E-state index contributed by atoms with van der Waals surface area (Å²) in [6.45, 7) is 2.09. The molecule has 2 aromatic rings. The molecule has 0 amide bonds. The summed E-state index contributed by atoms with van der Waals surface area (Å²) in [7, 11) is 0. The van der Waals surface area contributed by atoms with E-state index in [2.05, 4.69) is 13.0 Å². The number of hydrogen-bond acceptors (Lipinski definition) is 1. The minimum absolute atomic E-state index is 1.09. The van der Waals surface area contributed by atoms with Gasteiger partial charge in [-0.05, 0) is 24.6 Å². The highest BCUT2D eigenvalue weighted by molar-refractivity contribution is 5.83. The molecule has 0 aliphatic heterocycles. The average Bonchev–Trinajstić information content (AvgIpc) is 2.35. The first kappa shape index (κ1) is 6.28. The molecule has 0 bridgehead atoms. The molecule has 1 aromatic heterocycles. The molecule has 2 heteroatoms. The summed E-state index contributed by atoms with van der Waals surface area (Å²) in [6, 6.07) is 8.15. The Balaban J connectivity index is 2.94. The molecule has 2 N–H and O–H groups in total. The van der Waals surface area contributed by atoms with Crippen molar-refractivity contribution >= 4 is 10.9 Å². The zero-order chi connectivity index (χ0) is 7.84. The maximum atomic E-state index is 5.66. The molecule has 11 heavy (non-hydrogen) atoms. The minimum atomic E-state index is 1.09. The summed E-state index contributed by atoms with van der Waals surface area (Å²) in [5.41, 5.74) is 2.36. The molecule has 0 atom stereocenters. The standard InChI is InChI=1S/C9H10N2/c1-7-3-2-4-9-8(7)5-6-11(9)10/h2-6H,10H2,1H3. The molecule has 0 fully saturated rings. The van der Waals surface area contributed by atoms with Crippen LogP contribution in [0.15, 0.2) is 30.5 Å². The van der Waals surface area contributed by atoms with Gasteiger partial charge in [-0.3, -0.25) is 4.68 Å². The molecule has 2 nitrogen and oxygen atoms in total. The SMILES string of the molecule is Cc1cccc2c1ccn2N. The van der Waals surface area contributed by atoms with Crippen LogP contribution in [0.5, 0.6) is 0 Å². The zero-order valence-corrected chi connectivity index (χ0v) is 6.41. The lowest BCUT2D eigenvalue weighted by Crippen LogP contribution is -2.04. The maximum absolute atomic E-state index is 5.66. The Bertz CT molecular complexity index is 387. The van der Waals surface area contributed by atoms with E-state index in [1.54, 1.807) is 4.68 Å². The molecule has 0 unspecified atom stereocenters. The highest BCUT2D eigenvalue weighted by Gasteiger charge is 1.98. The van der Waals surface area contributed by atoms with E-state index >= 15 is 0 Å². The van der Waals surface area contributed by atoms with Crippen molar-refractivity contribution in [2.75, 3.05) is 5.84 Å². The summed E-state index contributed by atoms with van der Waals surface area (Å²) in [4.78, 5) is 0. The molecule has 2 rings (SSSR count). The molecule has 0 aliphatic carbocycles. The zero-order valence-electron chi connectivity index (χ0n) is 6.41. The highest BCUT2D eigenvalue weighted by Crippen LogP contribution is 2.16.